The monoisotopic (exact) mass is 465 g/mol. The van der Waals surface area contributed by atoms with Crippen molar-refractivity contribution >= 4 is 27.2 Å². The van der Waals surface area contributed by atoms with Gasteiger partial charge in [0.15, 0.2) is 0 Å². The molecule has 4 nitrogen and oxygen atoms in total. The van der Waals surface area contributed by atoms with E-state index < -0.39 is 15.8 Å². The third-order valence-corrected chi connectivity index (χ3v) is 7.77. The molecule has 172 valence electrons. The lowest BCUT2D eigenvalue weighted by molar-refractivity contribution is -0.122. The Bertz CT molecular complexity index is 893. The molecule has 0 amide bonds. The van der Waals surface area contributed by atoms with E-state index in [1.807, 2.05) is 12.3 Å². The van der Waals surface area contributed by atoms with Crippen LogP contribution in [0.2, 0.25) is 0 Å². The summed E-state index contributed by atoms with van der Waals surface area (Å²) in [6, 6.07) is 4.08. The lowest BCUT2D eigenvalue weighted by atomic mass is 9.80. The zero-order valence-electron chi connectivity index (χ0n) is 19.2. The van der Waals surface area contributed by atoms with Crippen LogP contribution in [-0.2, 0) is 21.1 Å². The second kappa shape index (κ2) is 12.0. The molecule has 0 radical (unpaired) electrons. The molecule has 0 fully saturated rings. The summed E-state index contributed by atoms with van der Waals surface area (Å²) in [7, 11) is -3.17. The molecular formula is C25H36ClNO3S. The number of allylic oxidation sites excluding steroid dienone is 4. The van der Waals surface area contributed by atoms with Crippen molar-refractivity contribution in [1.82, 2.24) is 4.98 Å². The van der Waals surface area contributed by atoms with E-state index in [2.05, 4.69) is 37.0 Å². The number of carbonyl (C=O) groups is 1. The fraction of sp³-hybridized carbons (Fsp3) is 0.600. The van der Waals surface area contributed by atoms with Crippen LogP contribution in [-0.4, -0.2) is 31.2 Å². The Balaban J connectivity index is 2.09. The van der Waals surface area contributed by atoms with Crippen molar-refractivity contribution in [2.24, 2.45) is 23.7 Å². The van der Waals surface area contributed by atoms with Crippen molar-refractivity contribution in [3.05, 3.63) is 52.8 Å². The van der Waals surface area contributed by atoms with E-state index in [0.717, 1.165) is 42.7 Å². The molecule has 2 rings (SSSR count). The molecule has 4 atom stereocenters. The van der Waals surface area contributed by atoms with E-state index >= 15 is 0 Å². The number of Topliss-reactive ketones (excluding diaryl/α,β-unsaturated/α-hetero) is 1. The van der Waals surface area contributed by atoms with Crippen LogP contribution < -0.4 is 0 Å². The normalized spacial score (nSPS) is 20.6. The molecule has 1 heterocycles. The number of hydrogen-bond acceptors (Lipinski definition) is 4. The molecule has 1 aromatic heterocycles. The molecule has 1 aromatic rings. The summed E-state index contributed by atoms with van der Waals surface area (Å²) >= 11 is 6.69. The summed E-state index contributed by atoms with van der Waals surface area (Å²) < 4.78 is 23.1. The zero-order chi connectivity index (χ0) is 23.0. The fourth-order valence-electron chi connectivity index (χ4n) is 4.19. The van der Waals surface area contributed by atoms with Crippen molar-refractivity contribution < 1.29 is 13.2 Å². The van der Waals surface area contributed by atoms with Crippen molar-refractivity contribution in [1.29, 1.82) is 0 Å². The maximum Gasteiger partial charge on any atom is 0.148 e. The maximum absolute atomic E-state index is 12.6. The molecule has 0 aromatic carbocycles. The van der Waals surface area contributed by atoms with Crippen LogP contribution in [0.5, 0.6) is 0 Å². The van der Waals surface area contributed by atoms with Gasteiger partial charge in [-0.2, -0.15) is 0 Å². The second-order valence-corrected chi connectivity index (χ2v) is 11.8. The highest BCUT2D eigenvalue weighted by Gasteiger charge is 2.26. The summed E-state index contributed by atoms with van der Waals surface area (Å²) in [5.74, 6) is 0.0800. The zero-order valence-corrected chi connectivity index (χ0v) is 20.8. The highest BCUT2D eigenvalue weighted by Crippen LogP contribution is 2.35. The van der Waals surface area contributed by atoms with E-state index in [9.17, 15) is 13.2 Å². The minimum Gasteiger partial charge on any atom is -0.299 e. The van der Waals surface area contributed by atoms with Crippen molar-refractivity contribution in [2.75, 3.05) is 12.0 Å². The van der Waals surface area contributed by atoms with Crippen LogP contribution in [0, 0.1) is 23.7 Å². The first kappa shape index (κ1) is 25.8. The highest BCUT2D eigenvalue weighted by molar-refractivity contribution is 7.90. The van der Waals surface area contributed by atoms with Crippen molar-refractivity contribution in [3.63, 3.8) is 0 Å². The third kappa shape index (κ3) is 8.89. The fourth-order valence-corrected chi connectivity index (χ4v) is 5.63. The van der Waals surface area contributed by atoms with Gasteiger partial charge in [-0.15, -0.1) is 0 Å². The minimum atomic E-state index is -3.17. The Morgan fingerprint density at radius 3 is 2.68 bits per heavy atom. The molecular weight excluding hydrogens is 430 g/mol. The van der Waals surface area contributed by atoms with Gasteiger partial charge in [-0.05, 0) is 67.1 Å². The van der Waals surface area contributed by atoms with Gasteiger partial charge in [-0.25, -0.2) is 8.42 Å². The Morgan fingerprint density at radius 1 is 1.29 bits per heavy atom. The third-order valence-electron chi connectivity index (χ3n) is 6.29. The number of hydrogen-bond donors (Lipinski definition) is 0. The number of pyridine rings is 1. The van der Waals surface area contributed by atoms with E-state index in [1.165, 1.54) is 11.8 Å². The van der Waals surface area contributed by atoms with Crippen LogP contribution >= 0.6 is 11.6 Å². The van der Waals surface area contributed by atoms with Crippen LogP contribution in [0.4, 0.5) is 0 Å². The number of aryl methyl sites for hydroxylation is 1. The van der Waals surface area contributed by atoms with E-state index in [0.29, 0.717) is 12.3 Å². The number of halogens is 1. The maximum atomic E-state index is 12.6. The summed E-state index contributed by atoms with van der Waals surface area (Å²) in [5, 5.41) is 0.794. The van der Waals surface area contributed by atoms with Gasteiger partial charge in [0, 0.05) is 36.0 Å². The van der Waals surface area contributed by atoms with Gasteiger partial charge in [-0.1, -0.05) is 50.6 Å². The molecule has 31 heavy (non-hydrogen) atoms. The number of sulfone groups is 1. The van der Waals surface area contributed by atoms with Gasteiger partial charge >= 0.3 is 0 Å². The van der Waals surface area contributed by atoms with Gasteiger partial charge < -0.3 is 0 Å². The highest BCUT2D eigenvalue weighted by atomic mass is 35.5. The molecule has 0 aliphatic heterocycles. The molecule has 4 unspecified atom stereocenters. The summed E-state index contributed by atoms with van der Waals surface area (Å²) in [6.45, 7) is 5.89. The predicted octanol–water partition coefficient (Wildman–Crippen LogP) is 5.78. The average molecular weight is 466 g/mol. The minimum absolute atomic E-state index is 0.00412. The van der Waals surface area contributed by atoms with E-state index in [4.69, 9.17) is 11.6 Å². The first-order valence-corrected chi connectivity index (χ1v) is 13.7. The average Bonchev–Trinajstić information content (AvgIpc) is 2.69. The van der Waals surface area contributed by atoms with Crippen molar-refractivity contribution in [2.45, 2.75) is 59.3 Å². The van der Waals surface area contributed by atoms with Gasteiger partial charge in [0.05, 0.1) is 5.75 Å². The standard InChI is InChI=1S/C25H36ClNO3S/c1-18(14-25(28)19(2)17-31(4,29)30)20(3)23-15-21(8-5-6-10-24(23)26)11-12-22-9-7-13-27-16-22/h7,9-10,13,15-16,18-21H,5-6,8,11-12,14,17H2,1-4H3. The van der Waals surface area contributed by atoms with Crippen molar-refractivity contribution in [3.8, 4) is 0 Å². The Hall–Kier alpha value is -1.46. The van der Waals surface area contributed by atoms with Crippen LogP contribution in [0.25, 0.3) is 0 Å². The summed E-state index contributed by atoms with van der Waals surface area (Å²) in [6.07, 6.45) is 14.9. The molecule has 6 heteroatoms. The Labute approximate surface area is 193 Å². The number of rotatable bonds is 10. The summed E-state index contributed by atoms with van der Waals surface area (Å²) in [4.78, 5) is 16.8. The lowest BCUT2D eigenvalue weighted by Gasteiger charge is -2.26. The first-order chi connectivity index (χ1) is 14.6. The lowest BCUT2D eigenvalue weighted by Crippen LogP contribution is -2.24. The predicted molar refractivity (Wildman–Crippen MR) is 129 cm³/mol. The quantitative estimate of drug-likeness (QED) is 0.439. The number of nitrogens with zero attached hydrogens (tertiary/aromatic N) is 1. The van der Waals surface area contributed by atoms with Gasteiger partial charge in [0.25, 0.3) is 0 Å². The van der Waals surface area contributed by atoms with Crippen LogP contribution in [0.3, 0.4) is 0 Å². The molecule has 1 aliphatic rings. The SMILES string of the molecule is CC(CS(C)(=O)=O)C(=O)CC(C)C(C)C1=CC(CCc2cccnc2)CCCC=C1Cl. The van der Waals surface area contributed by atoms with Crippen LogP contribution in [0.15, 0.2) is 47.3 Å². The molecule has 0 saturated carbocycles. The van der Waals surface area contributed by atoms with Gasteiger partial charge in [-0.3, -0.25) is 9.78 Å². The van der Waals surface area contributed by atoms with E-state index in [-0.39, 0.29) is 23.4 Å². The van der Waals surface area contributed by atoms with E-state index in [1.54, 1.807) is 13.1 Å². The topological polar surface area (TPSA) is 64.1 Å². The Kier molecular flexibility index (Phi) is 9.95. The molecule has 0 N–H and O–H groups in total. The molecule has 0 saturated heterocycles. The second-order valence-electron chi connectivity index (χ2n) is 9.19. The molecule has 0 spiro atoms. The van der Waals surface area contributed by atoms with Gasteiger partial charge in [0.2, 0.25) is 0 Å². The number of aromatic nitrogens is 1. The number of ketones is 1. The molecule has 0 bridgehead atoms. The summed E-state index contributed by atoms with van der Waals surface area (Å²) in [5.41, 5.74) is 2.36. The smallest absolute Gasteiger partial charge is 0.148 e. The van der Waals surface area contributed by atoms with Crippen LogP contribution in [0.1, 0.15) is 58.4 Å². The largest absolute Gasteiger partial charge is 0.299 e. The Morgan fingerprint density at radius 2 is 2.03 bits per heavy atom. The molecule has 1 aliphatic carbocycles. The van der Waals surface area contributed by atoms with Gasteiger partial charge in [0.1, 0.15) is 15.6 Å². The first-order valence-electron chi connectivity index (χ1n) is 11.2. The number of carbonyl (C=O) groups excluding carboxylic acids is 1.